The Morgan fingerprint density at radius 3 is 2.56 bits per heavy atom. The SMILES string of the molecule is CNc1ncc(C)n1C. The van der Waals surface area contributed by atoms with Gasteiger partial charge in [0.2, 0.25) is 5.95 Å². The molecule has 1 N–H and O–H groups in total. The second kappa shape index (κ2) is 2.09. The maximum Gasteiger partial charge on any atom is 0.202 e. The van der Waals surface area contributed by atoms with Crippen LogP contribution in [0.15, 0.2) is 6.20 Å². The minimum absolute atomic E-state index is 0.910. The highest BCUT2D eigenvalue weighted by molar-refractivity contribution is 5.26. The lowest BCUT2D eigenvalue weighted by molar-refractivity contribution is 0.880. The van der Waals surface area contributed by atoms with Crippen molar-refractivity contribution in [3.05, 3.63) is 11.9 Å². The van der Waals surface area contributed by atoms with Gasteiger partial charge in [0.05, 0.1) is 6.20 Å². The summed E-state index contributed by atoms with van der Waals surface area (Å²) in [6.45, 7) is 2.02. The predicted octanol–water partition coefficient (Wildman–Crippen LogP) is 0.770. The van der Waals surface area contributed by atoms with Gasteiger partial charge in [-0.3, -0.25) is 0 Å². The summed E-state index contributed by atoms with van der Waals surface area (Å²) in [5, 5.41) is 2.97. The summed E-state index contributed by atoms with van der Waals surface area (Å²) in [5.41, 5.74) is 1.17. The van der Waals surface area contributed by atoms with Gasteiger partial charge in [-0.05, 0) is 6.92 Å². The van der Waals surface area contributed by atoms with Crippen molar-refractivity contribution in [3.8, 4) is 0 Å². The highest BCUT2D eigenvalue weighted by Gasteiger charge is 1.96. The van der Waals surface area contributed by atoms with E-state index in [1.54, 1.807) is 0 Å². The number of nitrogens with one attached hydrogen (secondary N) is 1. The molecule has 0 unspecified atom stereocenters. The Hall–Kier alpha value is -0.990. The number of aromatic nitrogens is 2. The van der Waals surface area contributed by atoms with Crippen molar-refractivity contribution in [2.75, 3.05) is 12.4 Å². The van der Waals surface area contributed by atoms with Crippen LogP contribution in [0.4, 0.5) is 5.95 Å². The fraction of sp³-hybridized carbons (Fsp3) is 0.500. The van der Waals surface area contributed by atoms with E-state index in [1.807, 2.05) is 31.8 Å². The van der Waals surface area contributed by atoms with Gasteiger partial charge in [-0.15, -0.1) is 0 Å². The second-order valence-corrected chi connectivity index (χ2v) is 2.03. The van der Waals surface area contributed by atoms with Crippen LogP contribution < -0.4 is 5.32 Å². The first kappa shape index (κ1) is 6.13. The van der Waals surface area contributed by atoms with Crippen molar-refractivity contribution in [2.45, 2.75) is 6.92 Å². The van der Waals surface area contributed by atoms with Crippen LogP contribution in [-0.4, -0.2) is 16.6 Å². The summed E-state index contributed by atoms with van der Waals surface area (Å²) in [6, 6.07) is 0. The van der Waals surface area contributed by atoms with Gasteiger partial charge < -0.3 is 9.88 Å². The molecular weight excluding hydrogens is 114 g/mol. The molecule has 0 aliphatic heterocycles. The summed E-state index contributed by atoms with van der Waals surface area (Å²) < 4.78 is 2.00. The van der Waals surface area contributed by atoms with Gasteiger partial charge in [0, 0.05) is 19.8 Å². The van der Waals surface area contributed by atoms with Crippen LogP contribution in [0.25, 0.3) is 0 Å². The van der Waals surface area contributed by atoms with E-state index in [1.165, 1.54) is 5.69 Å². The number of nitrogens with zero attached hydrogens (tertiary/aromatic N) is 2. The van der Waals surface area contributed by atoms with E-state index < -0.39 is 0 Å². The van der Waals surface area contributed by atoms with Crippen LogP contribution in [0, 0.1) is 6.92 Å². The zero-order chi connectivity index (χ0) is 6.85. The average Bonchev–Trinajstić information content (AvgIpc) is 2.15. The van der Waals surface area contributed by atoms with Crippen LogP contribution >= 0.6 is 0 Å². The van der Waals surface area contributed by atoms with Gasteiger partial charge in [-0.1, -0.05) is 0 Å². The fourth-order valence-electron chi connectivity index (χ4n) is 0.727. The molecule has 0 aromatic carbocycles. The minimum Gasteiger partial charge on any atom is -0.359 e. The predicted molar refractivity (Wildman–Crippen MR) is 37.5 cm³/mol. The van der Waals surface area contributed by atoms with Crippen molar-refractivity contribution in [1.29, 1.82) is 0 Å². The maximum atomic E-state index is 4.09. The number of aryl methyl sites for hydroxylation is 1. The largest absolute Gasteiger partial charge is 0.359 e. The molecule has 9 heavy (non-hydrogen) atoms. The quantitative estimate of drug-likeness (QED) is 0.600. The van der Waals surface area contributed by atoms with Crippen LogP contribution in [0.1, 0.15) is 5.69 Å². The summed E-state index contributed by atoms with van der Waals surface area (Å²) in [7, 11) is 3.84. The Morgan fingerprint density at radius 1 is 1.67 bits per heavy atom. The van der Waals surface area contributed by atoms with Crippen molar-refractivity contribution in [2.24, 2.45) is 7.05 Å². The van der Waals surface area contributed by atoms with Gasteiger partial charge in [-0.25, -0.2) is 4.98 Å². The van der Waals surface area contributed by atoms with Crippen molar-refractivity contribution >= 4 is 5.95 Å². The smallest absolute Gasteiger partial charge is 0.202 e. The summed E-state index contributed by atoms with van der Waals surface area (Å²) >= 11 is 0. The monoisotopic (exact) mass is 125 g/mol. The molecule has 0 saturated carbocycles. The van der Waals surface area contributed by atoms with E-state index in [-0.39, 0.29) is 0 Å². The molecule has 1 heterocycles. The first-order valence-corrected chi connectivity index (χ1v) is 2.91. The molecule has 0 radical (unpaired) electrons. The third-order valence-electron chi connectivity index (χ3n) is 1.44. The van der Waals surface area contributed by atoms with Crippen LogP contribution in [0.3, 0.4) is 0 Å². The number of imidazole rings is 1. The van der Waals surface area contributed by atoms with Gasteiger partial charge in [-0.2, -0.15) is 0 Å². The average molecular weight is 125 g/mol. The maximum absolute atomic E-state index is 4.09. The summed E-state index contributed by atoms with van der Waals surface area (Å²) in [5.74, 6) is 0.910. The Kier molecular flexibility index (Phi) is 1.42. The Labute approximate surface area is 54.7 Å². The molecule has 0 atom stereocenters. The Bertz CT molecular complexity index is 202. The zero-order valence-electron chi connectivity index (χ0n) is 5.97. The highest BCUT2D eigenvalue weighted by atomic mass is 15.2. The topological polar surface area (TPSA) is 29.9 Å². The molecule has 3 heteroatoms. The molecule has 1 aromatic rings. The summed E-state index contributed by atoms with van der Waals surface area (Å²) in [6.07, 6.45) is 1.84. The van der Waals surface area contributed by atoms with Crippen LogP contribution in [0.5, 0.6) is 0 Å². The van der Waals surface area contributed by atoms with Gasteiger partial charge >= 0.3 is 0 Å². The zero-order valence-corrected chi connectivity index (χ0v) is 5.97. The molecule has 0 spiro atoms. The summed E-state index contributed by atoms with van der Waals surface area (Å²) in [4.78, 5) is 4.09. The molecule has 1 aromatic heterocycles. The molecular formula is C6H11N3. The number of rotatable bonds is 1. The number of hydrogen-bond acceptors (Lipinski definition) is 2. The van der Waals surface area contributed by atoms with E-state index >= 15 is 0 Å². The Morgan fingerprint density at radius 2 is 2.33 bits per heavy atom. The molecule has 0 fully saturated rings. The van der Waals surface area contributed by atoms with E-state index in [0.29, 0.717) is 0 Å². The second-order valence-electron chi connectivity index (χ2n) is 2.03. The molecule has 0 saturated heterocycles. The first-order chi connectivity index (χ1) is 4.25. The normalized spacial score (nSPS) is 9.67. The van der Waals surface area contributed by atoms with Crippen LogP contribution in [-0.2, 0) is 7.05 Å². The lowest BCUT2D eigenvalue weighted by atomic mass is 10.5. The van der Waals surface area contributed by atoms with E-state index in [9.17, 15) is 0 Å². The van der Waals surface area contributed by atoms with Crippen molar-refractivity contribution in [3.63, 3.8) is 0 Å². The van der Waals surface area contributed by atoms with Crippen molar-refractivity contribution < 1.29 is 0 Å². The highest BCUT2D eigenvalue weighted by Crippen LogP contribution is 2.03. The molecule has 1 rings (SSSR count). The van der Waals surface area contributed by atoms with E-state index in [4.69, 9.17) is 0 Å². The number of hydrogen-bond donors (Lipinski definition) is 1. The third-order valence-corrected chi connectivity index (χ3v) is 1.44. The van der Waals surface area contributed by atoms with E-state index in [2.05, 4.69) is 10.3 Å². The van der Waals surface area contributed by atoms with Gasteiger partial charge in [0.1, 0.15) is 0 Å². The fourth-order valence-corrected chi connectivity index (χ4v) is 0.727. The molecule has 0 aliphatic carbocycles. The van der Waals surface area contributed by atoms with Crippen molar-refractivity contribution in [1.82, 2.24) is 9.55 Å². The Balaban J connectivity index is 3.04. The lowest BCUT2D eigenvalue weighted by Gasteiger charge is -1.99. The van der Waals surface area contributed by atoms with Gasteiger partial charge in [0.15, 0.2) is 0 Å². The van der Waals surface area contributed by atoms with Gasteiger partial charge in [0.25, 0.3) is 0 Å². The molecule has 50 valence electrons. The number of anilines is 1. The molecule has 3 nitrogen and oxygen atoms in total. The molecule has 0 amide bonds. The minimum atomic E-state index is 0.910. The van der Waals surface area contributed by atoms with E-state index in [0.717, 1.165) is 5.95 Å². The molecule has 0 bridgehead atoms. The lowest BCUT2D eigenvalue weighted by Crippen LogP contribution is -1.98. The van der Waals surface area contributed by atoms with Crippen LogP contribution in [0.2, 0.25) is 0 Å². The third kappa shape index (κ3) is 0.896. The standard InChI is InChI=1S/C6H11N3/c1-5-4-8-6(7-2)9(5)3/h4H,1-3H3,(H,7,8). The first-order valence-electron chi connectivity index (χ1n) is 2.91. The molecule has 0 aliphatic rings.